The van der Waals surface area contributed by atoms with E-state index in [1.165, 1.54) is 4.90 Å². The maximum atomic E-state index is 12.0. The number of likely N-dealkylation sites (tertiary alicyclic amines) is 1. The van der Waals surface area contributed by atoms with Gasteiger partial charge >= 0.3 is 0 Å². The summed E-state index contributed by atoms with van der Waals surface area (Å²) >= 11 is 0. The molecule has 2 rings (SSSR count). The van der Waals surface area contributed by atoms with Gasteiger partial charge in [-0.2, -0.15) is 0 Å². The predicted octanol–water partition coefficient (Wildman–Crippen LogP) is -2.12. The lowest BCUT2D eigenvalue weighted by Crippen LogP contribution is -2.66. The fourth-order valence-electron chi connectivity index (χ4n) is 2.64. The number of piperidine rings is 1. The molecular weight excluding hydrogens is 274 g/mol. The third-order valence-electron chi connectivity index (χ3n) is 3.54. The van der Waals surface area contributed by atoms with Crippen LogP contribution in [0, 0.1) is 5.41 Å². The average molecular weight is 289 g/mol. The van der Waals surface area contributed by atoms with Gasteiger partial charge in [0.25, 0.3) is 0 Å². The summed E-state index contributed by atoms with van der Waals surface area (Å²) in [7, 11) is -3.57. The molecule has 2 N–H and O–H groups in total. The molecular formula is C10H15N3O5S. The maximum Gasteiger partial charge on any atom is 0.237 e. The largest absolute Gasteiger partial charge is 0.368 e. The average Bonchev–Trinajstić information content (AvgIpc) is 2.25. The second-order valence-corrected chi connectivity index (χ2v) is 6.97. The number of rotatable bonds is 3. The van der Waals surface area contributed by atoms with E-state index in [1.807, 2.05) is 0 Å². The highest BCUT2D eigenvalue weighted by molar-refractivity contribution is 7.88. The van der Waals surface area contributed by atoms with Crippen LogP contribution in [0.5, 0.6) is 0 Å². The molecule has 106 valence electrons. The van der Waals surface area contributed by atoms with Gasteiger partial charge in [0.2, 0.25) is 27.7 Å². The fourth-order valence-corrected chi connectivity index (χ4v) is 3.50. The van der Waals surface area contributed by atoms with Crippen LogP contribution in [0.25, 0.3) is 0 Å². The van der Waals surface area contributed by atoms with Crippen LogP contribution in [-0.2, 0) is 24.4 Å². The number of nitrogens with zero attached hydrogens (tertiary/aromatic N) is 2. The summed E-state index contributed by atoms with van der Waals surface area (Å²) < 4.78 is 23.5. The number of amides is 3. The highest BCUT2D eigenvalue weighted by Crippen LogP contribution is 2.42. The first-order valence-corrected chi connectivity index (χ1v) is 7.59. The minimum absolute atomic E-state index is 0.00776. The molecule has 1 spiro atoms. The smallest absolute Gasteiger partial charge is 0.237 e. The number of sulfonamides is 1. The molecule has 0 radical (unpaired) electrons. The van der Waals surface area contributed by atoms with E-state index in [2.05, 4.69) is 0 Å². The minimum Gasteiger partial charge on any atom is -0.368 e. The molecule has 0 aromatic rings. The topological polar surface area (TPSA) is 118 Å². The van der Waals surface area contributed by atoms with Crippen LogP contribution >= 0.6 is 0 Å². The molecule has 1 atom stereocenters. The number of primary amides is 1. The lowest BCUT2D eigenvalue weighted by Gasteiger charge is -2.51. The SMILES string of the molecule is CS(=O)(=O)N1CCC2(CC1=O)CN(CC(N)=O)C2=O. The molecule has 2 fully saturated rings. The van der Waals surface area contributed by atoms with E-state index in [0.29, 0.717) is 6.42 Å². The first kappa shape index (κ1) is 13.8. The first-order chi connectivity index (χ1) is 8.66. The summed E-state index contributed by atoms with van der Waals surface area (Å²) in [5.41, 5.74) is 4.16. The molecule has 0 aromatic carbocycles. The molecule has 0 aliphatic carbocycles. The highest BCUT2D eigenvalue weighted by atomic mass is 32.2. The van der Waals surface area contributed by atoms with E-state index in [4.69, 9.17) is 5.73 Å². The van der Waals surface area contributed by atoms with E-state index in [0.717, 1.165) is 10.6 Å². The van der Waals surface area contributed by atoms with Gasteiger partial charge in [-0.05, 0) is 6.42 Å². The van der Waals surface area contributed by atoms with Gasteiger partial charge in [-0.3, -0.25) is 14.4 Å². The molecule has 2 aliphatic rings. The summed E-state index contributed by atoms with van der Waals surface area (Å²) in [4.78, 5) is 35.8. The van der Waals surface area contributed by atoms with Gasteiger partial charge in [-0.15, -0.1) is 0 Å². The van der Waals surface area contributed by atoms with Crippen LogP contribution in [0.4, 0.5) is 0 Å². The molecule has 2 aliphatic heterocycles. The van der Waals surface area contributed by atoms with Gasteiger partial charge in [0.05, 0.1) is 18.2 Å². The second-order valence-electron chi connectivity index (χ2n) is 5.06. The molecule has 19 heavy (non-hydrogen) atoms. The number of nitrogens with two attached hydrogens (primary N) is 1. The van der Waals surface area contributed by atoms with E-state index >= 15 is 0 Å². The lowest BCUT2D eigenvalue weighted by atomic mass is 9.71. The van der Waals surface area contributed by atoms with Gasteiger partial charge in [0.15, 0.2) is 0 Å². The molecule has 2 heterocycles. The number of carbonyl (C=O) groups is 3. The van der Waals surface area contributed by atoms with Crippen LogP contribution in [0.2, 0.25) is 0 Å². The van der Waals surface area contributed by atoms with Gasteiger partial charge in [-0.25, -0.2) is 12.7 Å². The third kappa shape index (κ3) is 2.29. The summed E-state index contributed by atoms with van der Waals surface area (Å²) in [6.07, 6.45) is 1.12. The van der Waals surface area contributed by atoms with Crippen LogP contribution in [0.3, 0.4) is 0 Å². The number of carbonyl (C=O) groups excluding carboxylic acids is 3. The van der Waals surface area contributed by atoms with E-state index < -0.39 is 27.3 Å². The Bertz CT molecular complexity index is 558. The van der Waals surface area contributed by atoms with Gasteiger partial charge < -0.3 is 10.6 Å². The first-order valence-electron chi connectivity index (χ1n) is 5.74. The van der Waals surface area contributed by atoms with Crippen molar-refractivity contribution in [3.05, 3.63) is 0 Å². The molecule has 0 bridgehead atoms. The number of β-lactam (4-membered cyclic amide) rings is 1. The fraction of sp³-hybridized carbons (Fsp3) is 0.700. The van der Waals surface area contributed by atoms with Crippen molar-refractivity contribution >= 4 is 27.7 Å². The minimum atomic E-state index is -3.57. The zero-order valence-electron chi connectivity index (χ0n) is 10.5. The standard InChI is InChI=1S/C10H15N3O5S/c1-19(17,18)13-3-2-10(4-8(13)15)6-12(9(10)16)5-7(11)14/h2-6H2,1H3,(H2,11,14). The predicted molar refractivity (Wildman–Crippen MR) is 64.0 cm³/mol. The molecule has 2 saturated heterocycles. The van der Waals surface area contributed by atoms with Crippen LogP contribution in [0.15, 0.2) is 0 Å². The molecule has 1 unspecified atom stereocenters. The summed E-state index contributed by atoms with van der Waals surface area (Å²) in [5.74, 6) is -1.48. The van der Waals surface area contributed by atoms with Gasteiger partial charge in [0, 0.05) is 19.5 Å². The Hall–Kier alpha value is -1.64. The zero-order valence-corrected chi connectivity index (χ0v) is 11.3. The van der Waals surface area contributed by atoms with Crippen LogP contribution in [-0.4, -0.2) is 61.2 Å². The quantitative estimate of drug-likeness (QED) is 0.596. The van der Waals surface area contributed by atoms with E-state index in [9.17, 15) is 22.8 Å². The lowest BCUT2D eigenvalue weighted by molar-refractivity contribution is -0.169. The highest BCUT2D eigenvalue weighted by Gasteiger charge is 2.56. The molecule has 0 saturated carbocycles. The van der Waals surface area contributed by atoms with Crippen molar-refractivity contribution in [3.8, 4) is 0 Å². The van der Waals surface area contributed by atoms with Crippen molar-refractivity contribution in [2.45, 2.75) is 12.8 Å². The molecule has 3 amide bonds. The van der Waals surface area contributed by atoms with Crippen LogP contribution in [0.1, 0.15) is 12.8 Å². The second kappa shape index (κ2) is 4.19. The Morgan fingerprint density at radius 2 is 2.05 bits per heavy atom. The van der Waals surface area contributed by atoms with Crippen molar-refractivity contribution in [3.63, 3.8) is 0 Å². The van der Waals surface area contributed by atoms with Gasteiger partial charge in [0.1, 0.15) is 0 Å². The Kier molecular flexibility index (Phi) is 3.04. The van der Waals surface area contributed by atoms with Gasteiger partial charge in [-0.1, -0.05) is 0 Å². The van der Waals surface area contributed by atoms with Crippen molar-refractivity contribution in [1.82, 2.24) is 9.21 Å². The summed E-state index contributed by atoms with van der Waals surface area (Å²) in [5, 5.41) is 0. The van der Waals surface area contributed by atoms with Crippen molar-refractivity contribution in [2.75, 3.05) is 25.9 Å². The Balaban J connectivity index is 2.06. The number of hydrogen-bond acceptors (Lipinski definition) is 5. The number of hydrogen-bond donors (Lipinski definition) is 1. The monoisotopic (exact) mass is 289 g/mol. The molecule has 9 heteroatoms. The Morgan fingerprint density at radius 1 is 1.42 bits per heavy atom. The van der Waals surface area contributed by atoms with Crippen LogP contribution < -0.4 is 5.73 Å². The molecule has 8 nitrogen and oxygen atoms in total. The Morgan fingerprint density at radius 3 is 2.47 bits per heavy atom. The molecule has 0 aromatic heterocycles. The third-order valence-corrected chi connectivity index (χ3v) is 4.73. The maximum absolute atomic E-state index is 12.0. The normalized spacial score (nSPS) is 27.6. The Labute approximate surface area is 110 Å². The van der Waals surface area contributed by atoms with Crippen molar-refractivity contribution in [2.24, 2.45) is 11.1 Å². The van der Waals surface area contributed by atoms with Crippen molar-refractivity contribution in [1.29, 1.82) is 0 Å². The van der Waals surface area contributed by atoms with E-state index in [1.54, 1.807) is 0 Å². The summed E-state index contributed by atoms with van der Waals surface area (Å²) in [6, 6.07) is 0. The van der Waals surface area contributed by atoms with Crippen molar-refractivity contribution < 1.29 is 22.8 Å². The zero-order chi connectivity index (χ0) is 14.4. The van der Waals surface area contributed by atoms with E-state index in [-0.39, 0.29) is 32.0 Å². The summed E-state index contributed by atoms with van der Waals surface area (Å²) in [6.45, 7) is 0.122.